The summed E-state index contributed by atoms with van der Waals surface area (Å²) in [5, 5.41) is 3.70. The van der Waals surface area contributed by atoms with Crippen LogP contribution in [0.2, 0.25) is 0 Å². The van der Waals surface area contributed by atoms with Crippen molar-refractivity contribution in [1.82, 2.24) is 5.32 Å². The zero-order chi connectivity index (χ0) is 9.38. The van der Waals surface area contributed by atoms with Gasteiger partial charge in [-0.3, -0.25) is 0 Å². The Morgan fingerprint density at radius 2 is 2.00 bits per heavy atom. The summed E-state index contributed by atoms with van der Waals surface area (Å²) in [5.41, 5.74) is 3.11. The van der Waals surface area contributed by atoms with Crippen LogP contribution in [0.1, 0.15) is 36.4 Å². The summed E-state index contributed by atoms with van der Waals surface area (Å²) >= 11 is 0. The molecule has 0 aliphatic heterocycles. The van der Waals surface area contributed by atoms with Gasteiger partial charge < -0.3 is 5.32 Å². The lowest BCUT2D eigenvalue weighted by molar-refractivity contribution is 0.512. The van der Waals surface area contributed by atoms with Crippen LogP contribution in [0.25, 0.3) is 0 Å². The Balaban J connectivity index is 1.70. The quantitative estimate of drug-likeness (QED) is 0.767. The van der Waals surface area contributed by atoms with Crippen molar-refractivity contribution in [2.24, 2.45) is 5.92 Å². The third-order valence-electron chi connectivity index (χ3n) is 3.48. The minimum absolute atomic E-state index is 0.645. The van der Waals surface area contributed by atoms with Crippen LogP contribution < -0.4 is 5.32 Å². The van der Waals surface area contributed by atoms with Crippen LogP contribution in [0.3, 0.4) is 0 Å². The van der Waals surface area contributed by atoms with Crippen LogP contribution in [0.5, 0.6) is 0 Å². The lowest BCUT2D eigenvalue weighted by Gasteiger charge is -2.13. The number of fused-ring (bicyclic) bond motifs is 1. The minimum atomic E-state index is 0.645. The third kappa shape index (κ3) is 1.57. The Labute approximate surface area is 85.5 Å². The molecule has 1 aromatic carbocycles. The highest BCUT2D eigenvalue weighted by Gasteiger charge is 2.25. The SMILES string of the molecule is c1ccc2c(c1)CCC2NCC1CC1. The largest absolute Gasteiger partial charge is 0.310 e. The maximum absolute atomic E-state index is 3.70. The van der Waals surface area contributed by atoms with Gasteiger partial charge in [0.1, 0.15) is 0 Å². The summed E-state index contributed by atoms with van der Waals surface area (Å²) < 4.78 is 0. The second kappa shape index (κ2) is 3.39. The van der Waals surface area contributed by atoms with E-state index < -0.39 is 0 Å². The maximum atomic E-state index is 3.70. The van der Waals surface area contributed by atoms with Gasteiger partial charge in [0.05, 0.1) is 0 Å². The van der Waals surface area contributed by atoms with Crippen molar-refractivity contribution >= 4 is 0 Å². The molecule has 1 fully saturated rings. The molecule has 2 aliphatic rings. The van der Waals surface area contributed by atoms with Crippen molar-refractivity contribution < 1.29 is 0 Å². The van der Waals surface area contributed by atoms with Crippen LogP contribution in [0.15, 0.2) is 24.3 Å². The summed E-state index contributed by atoms with van der Waals surface area (Å²) in [5.74, 6) is 0.989. The van der Waals surface area contributed by atoms with E-state index in [1.807, 2.05) is 0 Å². The lowest BCUT2D eigenvalue weighted by Crippen LogP contribution is -2.21. The molecule has 0 heterocycles. The number of hydrogen-bond donors (Lipinski definition) is 1. The molecule has 0 aromatic heterocycles. The molecule has 1 N–H and O–H groups in total. The molecule has 1 heteroatoms. The van der Waals surface area contributed by atoms with Crippen molar-refractivity contribution in [1.29, 1.82) is 0 Å². The molecule has 3 rings (SSSR count). The van der Waals surface area contributed by atoms with Gasteiger partial charge in [0.25, 0.3) is 0 Å². The second-order valence-electron chi connectivity index (χ2n) is 4.64. The molecule has 1 aromatic rings. The molecule has 0 bridgehead atoms. The van der Waals surface area contributed by atoms with Gasteiger partial charge in [0, 0.05) is 6.04 Å². The Hall–Kier alpha value is -0.820. The maximum Gasteiger partial charge on any atom is 0.0326 e. The molecule has 2 aliphatic carbocycles. The summed E-state index contributed by atoms with van der Waals surface area (Å²) in [6, 6.07) is 9.52. The van der Waals surface area contributed by atoms with Gasteiger partial charge in [-0.05, 0) is 49.3 Å². The first-order chi connectivity index (χ1) is 6.93. The molecule has 14 heavy (non-hydrogen) atoms. The zero-order valence-electron chi connectivity index (χ0n) is 8.50. The van der Waals surface area contributed by atoms with E-state index in [1.54, 1.807) is 11.1 Å². The van der Waals surface area contributed by atoms with E-state index >= 15 is 0 Å². The van der Waals surface area contributed by atoms with E-state index in [9.17, 15) is 0 Å². The predicted octanol–water partition coefficient (Wildman–Crippen LogP) is 2.67. The molecule has 1 saturated carbocycles. The van der Waals surface area contributed by atoms with E-state index in [0.717, 1.165) is 5.92 Å². The monoisotopic (exact) mass is 187 g/mol. The molecular formula is C13H17N. The number of hydrogen-bond acceptors (Lipinski definition) is 1. The van der Waals surface area contributed by atoms with E-state index in [-0.39, 0.29) is 0 Å². The van der Waals surface area contributed by atoms with Crippen LogP contribution in [0.4, 0.5) is 0 Å². The van der Waals surface area contributed by atoms with Gasteiger partial charge in [0.15, 0.2) is 0 Å². The Kier molecular flexibility index (Phi) is 2.06. The predicted molar refractivity (Wildman–Crippen MR) is 58.2 cm³/mol. The zero-order valence-corrected chi connectivity index (χ0v) is 8.50. The fourth-order valence-corrected chi connectivity index (χ4v) is 2.40. The highest BCUT2D eigenvalue weighted by molar-refractivity contribution is 5.34. The average molecular weight is 187 g/mol. The summed E-state index contributed by atoms with van der Waals surface area (Å²) in [6.45, 7) is 1.24. The Morgan fingerprint density at radius 3 is 2.86 bits per heavy atom. The molecule has 74 valence electrons. The fraction of sp³-hybridized carbons (Fsp3) is 0.538. The first kappa shape index (κ1) is 8.49. The van der Waals surface area contributed by atoms with Gasteiger partial charge in [-0.1, -0.05) is 24.3 Å². The molecule has 0 saturated heterocycles. The van der Waals surface area contributed by atoms with Crippen LogP contribution in [0, 0.1) is 5.92 Å². The Bertz CT molecular complexity index is 328. The number of aryl methyl sites for hydroxylation is 1. The number of benzene rings is 1. The molecular weight excluding hydrogens is 170 g/mol. The molecule has 1 unspecified atom stereocenters. The molecule has 0 amide bonds. The third-order valence-corrected chi connectivity index (χ3v) is 3.48. The van der Waals surface area contributed by atoms with Crippen LogP contribution in [-0.2, 0) is 6.42 Å². The van der Waals surface area contributed by atoms with E-state index in [2.05, 4.69) is 29.6 Å². The fourth-order valence-electron chi connectivity index (χ4n) is 2.40. The summed E-state index contributed by atoms with van der Waals surface area (Å²) in [7, 11) is 0. The van der Waals surface area contributed by atoms with Gasteiger partial charge in [-0.25, -0.2) is 0 Å². The lowest BCUT2D eigenvalue weighted by atomic mass is 10.1. The smallest absolute Gasteiger partial charge is 0.0326 e. The van der Waals surface area contributed by atoms with Gasteiger partial charge in [0.2, 0.25) is 0 Å². The average Bonchev–Trinajstić information content (AvgIpc) is 2.96. The van der Waals surface area contributed by atoms with Crippen LogP contribution in [-0.4, -0.2) is 6.54 Å². The standard InChI is InChI=1S/C13H17N/c1-2-4-12-11(3-1)7-8-13(12)14-9-10-5-6-10/h1-4,10,13-14H,5-9H2. The van der Waals surface area contributed by atoms with E-state index in [0.29, 0.717) is 6.04 Å². The molecule has 1 nitrogen and oxygen atoms in total. The van der Waals surface area contributed by atoms with Crippen LogP contribution >= 0.6 is 0 Å². The number of rotatable bonds is 3. The van der Waals surface area contributed by atoms with Gasteiger partial charge in [-0.2, -0.15) is 0 Å². The highest BCUT2D eigenvalue weighted by Crippen LogP contribution is 2.33. The van der Waals surface area contributed by atoms with Gasteiger partial charge in [-0.15, -0.1) is 0 Å². The van der Waals surface area contributed by atoms with Gasteiger partial charge >= 0.3 is 0 Å². The second-order valence-corrected chi connectivity index (χ2v) is 4.64. The summed E-state index contributed by atoms with van der Waals surface area (Å²) in [4.78, 5) is 0. The minimum Gasteiger partial charge on any atom is -0.310 e. The van der Waals surface area contributed by atoms with Crippen molar-refractivity contribution in [3.8, 4) is 0 Å². The van der Waals surface area contributed by atoms with Crippen molar-refractivity contribution in [2.45, 2.75) is 31.7 Å². The molecule has 0 spiro atoms. The first-order valence-electron chi connectivity index (χ1n) is 5.74. The van der Waals surface area contributed by atoms with E-state index in [4.69, 9.17) is 0 Å². The normalized spacial score (nSPS) is 25.0. The van der Waals surface area contributed by atoms with Crippen molar-refractivity contribution in [3.63, 3.8) is 0 Å². The molecule has 0 radical (unpaired) electrons. The van der Waals surface area contributed by atoms with E-state index in [1.165, 1.54) is 32.2 Å². The van der Waals surface area contributed by atoms with Crippen molar-refractivity contribution in [3.05, 3.63) is 35.4 Å². The summed E-state index contributed by atoms with van der Waals surface area (Å²) in [6.07, 6.45) is 5.45. The number of nitrogens with one attached hydrogen (secondary N) is 1. The van der Waals surface area contributed by atoms with Crippen molar-refractivity contribution in [2.75, 3.05) is 6.54 Å². The topological polar surface area (TPSA) is 12.0 Å². The Morgan fingerprint density at radius 1 is 1.14 bits per heavy atom. The highest BCUT2D eigenvalue weighted by atomic mass is 14.9. The molecule has 1 atom stereocenters. The first-order valence-corrected chi connectivity index (χ1v) is 5.74.